The minimum absolute atomic E-state index is 0.512. The number of carbonyl (C=O) groups excluding carboxylic acids is 2. The molecule has 1 fully saturated rings. The number of esters is 1. The van der Waals surface area contributed by atoms with E-state index in [2.05, 4.69) is 20.3 Å². The maximum absolute atomic E-state index is 11.0. The summed E-state index contributed by atoms with van der Waals surface area (Å²) in [4.78, 5) is 24.1. The molecule has 92 valence electrons. The Bertz CT molecular complexity index is 239. The highest BCUT2D eigenvalue weighted by Gasteiger charge is 2.13. The molecule has 0 atom stereocenters. The predicted molar refractivity (Wildman–Crippen MR) is 59.0 cm³/mol. The van der Waals surface area contributed by atoms with E-state index in [1.807, 2.05) is 0 Å². The molecule has 0 radical (unpaired) electrons. The average molecular weight is 229 g/mol. The van der Waals surface area contributed by atoms with E-state index in [-0.39, 0.29) is 0 Å². The van der Waals surface area contributed by atoms with Crippen LogP contribution in [0, 0.1) is 0 Å². The largest absolute Gasteiger partial charge is 0.462 e. The Balaban J connectivity index is 2.02. The number of methoxy groups -OCH3 is 1. The quantitative estimate of drug-likeness (QED) is 0.351. The lowest BCUT2D eigenvalue weighted by atomic mass is 10.3. The second-order valence-electron chi connectivity index (χ2n) is 3.69. The summed E-state index contributed by atoms with van der Waals surface area (Å²) in [6.45, 7) is 5.60. The third-order valence-corrected chi connectivity index (χ3v) is 2.52. The van der Waals surface area contributed by atoms with Crippen LogP contribution < -0.4 is 10.6 Å². The molecular weight excluding hydrogens is 210 g/mol. The molecule has 0 saturated carbocycles. The summed E-state index contributed by atoms with van der Waals surface area (Å²) < 4.78 is 4.29. The van der Waals surface area contributed by atoms with E-state index in [9.17, 15) is 9.59 Å². The molecule has 0 aliphatic carbocycles. The molecule has 0 aromatic carbocycles. The van der Waals surface area contributed by atoms with Gasteiger partial charge >= 0.3 is 11.9 Å². The van der Waals surface area contributed by atoms with E-state index in [0.29, 0.717) is 6.54 Å². The third kappa shape index (κ3) is 4.59. The number of nitrogens with zero attached hydrogens (tertiary/aromatic N) is 1. The smallest absolute Gasteiger partial charge is 0.396 e. The Kier molecular flexibility index (Phi) is 5.81. The van der Waals surface area contributed by atoms with Crippen LogP contribution in [-0.2, 0) is 14.3 Å². The number of hydrogen-bond acceptors (Lipinski definition) is 5. The average Bonchev–Trinajstić information content (AvgIpc) is 2.34. The molecule has 0 aromatic rings. The molecule has 16 heavy (non-hydrogen) atoms. The van der Waals surface area contributed by atoms with Gasteiger partial charge in [0.2, 0.25) is 0 Å². The number of carbonyl (C=O) groups is 2. The minimum atomic E-state index is -0.831. The lowest BCUT2D eigenvalue weighted by Gasteiger charge is -2.26. The number of nitrogens with one attached hydrogen (secondary N) is 2. The first-order valence-electron chi connectivity index (χ1n) is 5.53. The maximum atomic E-state index is 11.0. The van der Waals surface area contributed by atoms with Crippen LogP contribution in [0.1, 0.15) is 6.42 Å². The molecule has 1 amide bonds. The lowest BCUT2D eigenvalue weighted by molar-refractivity contribution is -0.152. The summed E-state index contributed by atoms with van der Waals surface area (Å²) in [7, 11) is 1.20. The van der Waals surface area contributed by atoms with Crippen molar-refractivity contribution in [2.45, 2.75) is 6.42 Å². The molecule has 0 unspecified atom stereocenters. The van der Waals surface area contributed by atoms with Gasteiger partial charge in [0.1, 0.15) is 0 Å². The third-order valence-electron chi connectivity index (χ3n) is 2.52. The van der Waals surface area contributed by atoms with Gasteiger partial charge in [-0.3, -0.25) is 4.79 Å². The van der Waals surface area contributed by atoms with Crippen LogP contribution in [0.25, 0.3) is 0 Å². The van der Waals surface area contributed by atoms with Gasteiger partial charge in [0, 0.05) is 32.7 Å². The van der Waals surface area contributed by atoms with Crippen molar-refractivity contribution in [3.63, 3.8) is 0 Å². The Morgan fingerprint density at radius 1 is 1.38 bits per heavy atom. The summed E-state index contributed by atoms with van der Waals surface area (Å²) in [5.74, 6) is -1.50. The highest BCUT2D eigenvalue weighted by molar-refractivity contribution is 6.32. The highest BCUT2D eigenvalue weighted by Crippen LogP contribution is 1.93. The van der Waals surface area contributed by atoms with Crippen LogP contribution in [-0.4, -0.2) is 63.2 Å². The number of hydrogen-bond donors (Lipinski definition) is 2. The molecule has 1 rings (SSSR count). The van der Waals surface area contributed by atoms with Gasteiger partial charge < -0.3 is 20.3 Å². The summed E-state index contributed by atoms with van der Waals surface area (Å²) in [5, 5.41) is 5.79. The molecule has 2 N–H and O–H groups in total. The molecule has 1 saturated heterocycles. The number of amides is 1. The Hall–Kier alpha value is -1.14. The van der Waals surface area contributed by atoms with E-state index < -0.39 is 11.9 Å². The lowest BCUT2D eigenvalue weighted by Crippen LogP contribution is -2.44. The molecule has 0 spiro atoms. The number of piperazine rings is 1. The van der Waals surface area contributed by atoms with Gasteiger partial charge in [-0.1, -0.05) is 0 Å². The van der Waals surface area contributed by atoms with Crippen LogP contribution in [0.2, 0.25) is 0 Å². The second-order valence-corrected chi connectivity index (χ2v) is 3.69. The minimum Gasteiger partial charge on any atom is -0.462 e. The predicted octanol–water partition coefficient (Wildman–Crippen LogP) is -1.43. The van der Waals surface area contributed by atoms with E-state index in [1.165, 1.54) is 7.11 Å². The van der Waals surface area contributed by atoms with Crippen molar-refractivity contribution >= 4 is 11.9 Å². The van der Waals surface area contributed by atoms with Crippen molar-refractivity contribution in [2.75, 3.05) is 46.4 Å². The Morgan fingerprint density at radius 2 is 2.06 bits per heavy atom. The van der Waals surface area contributed by atoms with Gasteiger partial charge in [-0.25, -0.2) is 4.79 Å². The van der Waals surface area contributed by atoms with E-state index >= 15 is 0 Å². The van der Waals surface area contributed by atoms with Crippen molar-refractivity contribution < 1.29 is 14.3 Å². The van der Waals surface area contributed by atoms with Crippen LogP contribution in [0.15, 0.2) is 0 Å². The van der Waals surface area contributed by atoms with Gasteiger partial charge in [-0.15, -0.1) is 0 Å². The van der Waals surface area contributed by atoms with E-state index in [1.54, 1.807) is 0 Å². The zero-order valence-electron chi connectivity index (χ0n) is 9.62. The molecule has 6 nitrogen and oxygen atoms in total. The number of rotatable bonds is 4. The van der Waals surface area contributed by atoms with Crippen molar-refractivity contribution in [3.05, 3.63) is 0 Å². The Labute approximate surface area is 95.3 Å². The van der Waals surface area contributed by atoms with E-state index in [4.69, 9.17) is 0 Å². The summed E-state index contributed by atoms with van der Waals surface area (Å²) >= 11 is 0. The summed E-state index contributed by atoms with van der Waals surface area (Å²) in [6.07, 6.45) is 0.850. The standard InChI is InChI=1S/C10H19N3O3/c1-16-10(15)9(14)12-3-2-6-13-7-4-11-5-8-13/h11H,2-8H2,1H3,(H,12,14). The molecular formula is C10H19N3O3. The second kappa shape index (κ2) is 7.19. The van der Waals surface area contributed by atoms with Gasteiger partial charge in [0.15, 0.2) is 0 Å². The first-order chi connectivity index (χ1) is 7.74. The first-order valence-corrected chi connectivity index (χ1v) is 5.53. The first kappa shape index (κ1) is 12.9. The van der Waals surface area contributed by atoms with Gasteiger partial charge in [0.25, 0.3) is 0 Å². The topological polar surface area (TPSA) is 70.7 Å². The summed E-state index contributed by atoms with van der Waals surface area (Å²) in [6, 6.07) is 0. The fraction of sp³-hybridized carbons (Fsp3) is 0.800. The van der Waals surface area contributed by atoms with Crippen molar-refractivity contribution in [3.8, 4) is 0 Å². The Morgan fingerprint density at radius 3 is 2.69 bits per heavy atom. The fourth-order valence-electron chi connectivity index (χ4n) is 1.60. The van der Waals surface area contributed by atoms with Crippen LogP contribution in [0.3, 0.4) is 0 Å². The fourth-order valence-corrected chi connectivity index (χ4v) is 1.60. The SMILES string of the molecule is COC(=O)C(=O)NCCCN1CCNCC1. The zero-order chi connectivity index (χ0) is 11.8. The van der Waals surface area contributed by atoms with E-state index in [0.717, 1.165) is 39.1 Å². The van der Waals surface area contributed by atoms with Crippen molar-refractivity contribution in [1.82, 2.24) is 15.5 Å². The van der Waals surface area contributed by atoms with Crippen LogP contribution in [0.5, 0.6) is 0 Å². The van der Waals surface area contributed by atoms with Crippen LogP contribution >= 0.6 is 0 Å². The molecule has 1 aliphatic heterocycles. The molecule has 1 heterocycles. The number of ether oxygens (including phenoxy) is 1. The van der Waals surface area contributed by atoms with Crippen molar-refractivity contribution in [1.29, 1.82) is 0 Å². The molecule has 6 heteroatoms. The molecule has 0 bridgehead atoms. The summed E-state index contributed by atoms with van der Waals surface area (Å²) in [5.41, 5.74) is 0. The van der Waals surface area contributed by atoms with Gasteiger partial charge in [-0.2, -0.15) is 0 Å². The zero-order valence-corrected chi connectivity index (χ0v) is 9.62. The van der Waals surface area contributed by atoms with Gasteiger partial charge in [-0.05, 0) is 13.0 Å². The molecule has 1 aliphatic rings. The monoisotopic (exact) mass is 229 g/mol. The maximum Gasteiger partial charge on any atom is 0.396 e. The highest BCUT2D eigenvalue weighted by atomic mass is 16.5. The van der Waals surface area contributed by atoms with Crippen LogP contribution in [0.4, 0.5) is 0 Å². The normalized spacial score (nSPS) is 16.8. The molecule has 0 aromatic heterocycles. The van der Waals surface area contributed by atoms with Gasteiger partial charge in [0.05, 0.1) is 7.11 Å². The van der Waals surface area contributed by atoms with Crippen molar-refractivity contribution in [2.24, 2.45) is 0 Å².